The Morgan fingerprint density at radius 2 is 1.94 bits per heavy atom. The summed E-state index contributed by atoms with van der Waals surface area (Å²) in [6.45, 7) is 7.85. The van der Waals surface area contributed by atoms with Crippen LogP contribution in [-0.2, 0) is 0 Å². The maximum Gasteiger partial charge on any atom is 0.245 e. The van der Waals surface area contributed by atoms with Gasteiger partial charge in [-0.05, 0) is 38.1 Å². The van der Waals surface area contributed by atoms with Crippen LogP contribution in [0.2, 0.25) is 0 Å². The topological polar surface area (TPSA) is 104 Å². The Kier molecular flexibility index (Phi) is 5.85. The molecule has 0 aliphatic carbocycles. The second-order valence-electron chi connectivity index (χ2n) is 7.54. The molecule has 1 aliphatic heterocycles. The molecule has 0 atom stereocenters. The van der Waals surface area contributed by atoms with Gasteiger partial charge in [0.1, 0.15) is 5.52 Å². The first-order valence-electron chi connectivity index (χ1n) is 10.2. The standard InChI is InChI=1S/C21H24N8O.CH4/c1-13(2)30-20-18-19(25-12-24-18)27-21(28-20)26-14-3-4-16-15(11-14)17(5-6-23-16)29-9-7-22-8-10-29;/h3-6,11-13,22H,7-10H2,1-2H3,(H2,24,25,26,27,28);1H4. The zero-order valence-corrected chi connectivity index (χ0v) is 17.0. The van der Waals surface area contributed by atoms with Gasteiger partial charge in [0.25, 0.3) is 0 Å². The summed E-state index contributed by atoms with van der Waals surface area (Å²) < 4.78 is 5.85. The summed E-state index contributed by atoms with van der Waals surface area (Å²) in [5, 5.41) is 7.81. The van der Waals surface area contributed by atoms with Gasteiger partial charge in [-0.3, -0.25) is 4.98 Å². The number of nitrogens with zero attached hydrogens (tertiary/aromatic N) is 5. The van der Waals surface area contributed by atoms with Gasteiger partial charge in [0.05, 0.1) is 17.9 Å². The molecule has 1 saturated heterocycles. The summed E-state index contributed by atoms with van der Waals surface area (Å²) in [5.41, 5.74) is 4.30. The summed E-state index contributed by atoms with van der Waals surface area (Å²) in [7, 11) is 0. The van der Waals surface area contributed by atoms with Crippen LogP contribution in [0.15, 0.2) is 36.8 Å². The van der Waals surface area contributed by atoms with Crippen LogP contribution in [-0.4, -0.2) is 57.2 Å². The van der Waals surface area contributed by atoms with Gasteiger partial charge in [-0.15, -0.1) is 0 Å². The van der Waals surface area contributed by atoms with Crippen molar-refractivity contribution in [3.05, 3.63) is 36.8 Å². The number of anilines is 3. The molecule has 0 bridgehead atoms. The third kappa shape index (κ3) is 4.22. The van der Waals surface area contributed by atoms with Gasteiger partial charge in [-0.2, -0.15) is 9.97 Å². The molecule has 31 heavy (non-hydrogen) atoms. The van der Waals surface area contributed by atoms with E-state index in [2.05, 4.69) is 52.6 Å². The van der Waals surface area contributed by atoms with Gasteiger partial charge in [0, 0.05) is 49.1 Å². The molecule has 3 N–H and O–H groups in total. The molecular formula is C22H28N8O. The summed E-state index contributed by atoms with van der Waals surface area (Å²) in [5.74, 6) is 0.927. The Balaban J connectivity index is 0.00000231. The van der Waals surface area contributed by atoms with E-state index >= 15 is 0 Å². The van der Waals surface area contributed by atoms with Crippen LogP contribution in [0.4, 0.5) is 17.3 Å². The summed E-state index contributed by atoms with van der Waals surface area (Å²) >= 11 is 0. The third-order valence-electron chi connectivity index (χ3n) is 5.03. The zero-order chi connectivity index (χ0) is 20.5. The number of aromatic nitrogens is 5. The second kappa shape index (κ2) is 8.73. The molecule has 0 unspecified atom stereocenters. The van der Waals surface area contributed by atoms with Crippen LogP contribution in [0.3, 0.4) is 0 Å². The first-order valence-corrected chi connectivity index (χ1v) is 10.2. The number of imidazole rings is 1. The Bertz CT molecular complexity index is 1180. The number of hydrogen-bond donors (Lipinski definition) is 3. The molecule has 0 saturated carbocycles. The molecule has 162 valence electrons. The van der Waals surface area contributed by atoms with Gasteiger partial charge in [-0.1, -0.05) is 7.43 Å². The summed E-state index contributed by atoms with van der Waals surface area (Å²) in [6, 6.07) is 8.18. The fourth-order valence-corrected chi connectivity index (χ4v) is 3.69. The molecule has 0 radical (unpaired) electrons. The number of piperazine rings is 1. The lowest BCUT2D eigenvalue weighted by Crippen LogP contribution is -2.43. The molecule has 5 rings (SSSR count). The highest BCUT2D eigenvalue weighted by Gasteiger charge is 2.15. The number of nitrogens with one attached hydrogen (secondary N) is 3. The quantitative estimate of drug-likeness (QED) is 0.451. The van der Waals surface area contributed by atoms with E-state index in [1.54, 1.807) is 6.33 Å². The average Bonchev–Trinajstić information content (AvgIpc) is 3.22. The van der Waals surface area contributed by atoms with E-state index in [0.717, 1.165) is 42.8 Å². The van der Waals surface area contributed by atoms with E-state index in [-0.39, 0.29) is 13.5 Å². The van der Waals surface area contributed by atoms with Crippen molar-refractivity contribution in [2.45, 2.75) is 27.4 Å². The minimum absolute atomic E-state index is 0. The molecule has 1 aliphatic rings. The van der Waals surface area contributed by atoms with Crippen molar-refractivity contribution in [1.29, 1.82) is 0 Å². The Morgan fingerprint density at radius 1 is 1.10 bits per heavy atom. The highest BCUT2D eigenvalue weighted by molar-refractivity contribution is 5.94. The first kappa shape index (κ1) is 20.8. The van der Waals surface area contributed by atoms with Gasteiger partial charge in [0.2, 0.25) is 11.8 Å². The largest absolute Gasteiger partial charge is 0.473 e. The molecule has 3 aromatic heterocycles. The van der Waals surface area contributed by atoms with Crippen LogP contribution < -0.4 is 20.3 Å². The SMILES string of the molecule is C.CC(C)Oc1nc(Nc2ccc3nccc(N4CCNCC4)c3c2)nc2nc[nH]c12. The lowest BCUT2D eigenvalue weighted by molar-refractivity contribution is 0.235. The fraction of sp³-hybridized carbons (Fsp3) is 0.364. The van der Waals surface area contributed by atoms with E-state index in [4.69, 9.17) is 4.74 Å². The normalized spacial score (nSPS) is 14.1. The summed E-state index contributed by atoms with van der Waals surface area (Å²) in [6.07, 6.45) is 3.46. The molecule has 0 spiro atoms. The molecule has 9 nitrogen and oxygen atoms in total. The number of fused-ring (bicyclic) bond motifs is 2. The van der Waals surface area contributed by atoms with Crippen LogP contribution in [0.1, 0.15) is 21.3 Å². The maximum atomic E-state index is 5.85. The van der Waals surface area contributed by atoms with Crippen molar-refractivity contribution < 1.29 is 4.74 Å². The van der Waals surface area contributed by atoms with E-state index in [0.29, 0.717) is 23.0 Å². The monoisotopic (exact) mass is 420 g/mol. The Labute approximate surface area is 181 Å². The van der Waals surface area contributed by atoms with Crippen molar-refractivity contribution in [3.63, 3.8) is 0 Å². The average molecular weight is 421 g/mol. The van der Waals surface area contributed by atoms with Crippen molar-refractivity contribution in [1.82, 2.24) is 30.2 Å². The van der Waals surface area contributed by atoms with Crippen LogP contribution >= 0.6 is 0 Å². The van der Waals surface area contributed by atoms with Gasteiger partial charge in [0.15, 0.2) is 5.65 Å². The number of ether oxygens (including phenoxy) is 1. The number of benzene rings is 1. The van der Waals surface area contributed by atoms with Crippen molar-refractivity contribution in [3.8, 4) is 5.88 Å². The van der Waals surface area contributed by atoms with Crippen LogP contribution in [0, 0.1) is 0 Å². The number of aromatic amines is 1. The van der Waals surface area contributed by atoms with E-state index in [1.165, 1.54) is 5.69 Å². The molecule has 1 fully saturated rings. The predicted octanol–water partition coefficient (Wildman–Crippen LogP) is 3.48. The predicted molar refractivity (Wildman–Crippen MR) is 124 cm³/mol. The molecule has 4 heterocycles. The highest BCUT2D eigenvalue weighted by Crippen LogP contribution is 2.30. The van der Waals surface area contributed by atoms with E-state index < -0.39 is 0 Å². The van der Waals surface area contributed by atoms with Crippen LogP contribution in [0.25, 0.3) is 22.1 Å². The van der Waals surface area contributed by atoms with Gasteiger partial charge in [-0.25, -0.2) is 4.98 Å². The third-order valence-corrected chi connectivity index (χ3v) is 5.03. The van der Waals surface area contributed by atoms with E-state index in [1.807, 2.05) is 32.2 Å². The number of H-pyrrole nitrogens is 1. The Morgan fingerprint density at radius 3 is 2.74 bits per heavy atom. The molecule has 4 aromatic rings. The Hall–Kier alpha value is -3.46. The molecule has 9 heteroatoms. The first-order chi connectivity index (χ1) is 14.7. The molecule has 1 aromatic carbocycles. The van der Waals surface area contributed by atoms with Crippen LogP contribution in [0.5, 0.6) is 5.88 Å². The molecule has 0 amide bonds. The zero-order valence-electron chi connectivity index (χ0n) is 17.0. The van der Waals surface area contributed by atoms with Crippen molar-refractivity contribution >= 4 is 39.4 Å². The second-order valence-corrected chi connectivity index (χ2v) is 7.54. The summed E-state index contributed by atoms with van der Waals surface area (Å²) in [4.78, 5) is 23.3. The lowest BCUT2D eigenvalue weighted by atomic mass is 10.1. The number of rotatable bonds is 5. The fourth-order valence-electron chi connectivity index (χ4n) is 3.69. The van der Waals surface area contributed by atoms with Crippen molar-refractivity contribution in [2.75, 3.05) is 36.4 Å². The highest BCUT2D eigenvalue weighted by atomic mass is 16.5. The number of pyridine rings is 1. The smallest absolute Gasteiger partial charge is 0.245 e. The van der Waals surface area contributed by atoms with Gasteiger partial charge >= 0.3 is 0 Å². The minimum atomic E-state index is -0.00687. The van der Waals surface area contributed by atoms with Gasteiger partial charge < -0.3 is 25.3 Å². The van der Waals surface area contributed by atoms with E-state index in [9.17, 15) is 0 Å². The maximum absolute atomic E-state index is 5.85. The molecular weight excluding hydrogens is 392 g/mol. The van der Waals surface area contributed by atoms with Crippen molar-refractivity contribution in [2.24, 2.45) is 0 Å². The minimum Gasteiger partial charge on any atom is -0.473 e. The number of hydrogen-bond acceptors (Lipinski definition) is 8. The lowest BCUT2D eigenvalue weighted by Gasteiger charge is -2.30.